The molecule has 0 aromatic carbocycles. The first-order chi connectivity index (χ1) is 9.08. The number of hydrogen-bond donors (Lipinski definition) is 3. The van der Waals surface area contributed by atoms with E-state index >= 15 is 0 Å². The number of hydrogen-bond acceptors (Lipinski definition) is 4. The van der Waals surface area contributed by atoms with Gasteiger partial charge in [0.25, 0.3) is 5.56 Å². The third kappa shape index (κ3) is 3.33. The Balaban J connectivity index is 2.28. The van der Waals surface area contributed by atoms with E-state index in [4.69, 9.17) is 10.8 Å². The minimum Gasteiger partial charge on any atom is -0.481 e. The molecule has 6 heteroatoms. The van der Waals surface area contributed by atoms with E-state index in [1.54, 1.807) is 0 Å². The van der Waals surface area contributed by atoms with Gasteiger partial charge in [-0.25, -0.2) is 4.98 Å². The summed E-state index contributed by atoms with van der Waals surface area (Å²) in [6.45, 7) is 0. The molecule has 2 rings (SSSR count). The maximum atomic E-state index is 11.9. The lowest BCUT2D eigenvalue weighted by atomic mass is 9.99. The number of carboxylic acids is 1. The average molecular weight is 265 g/mol. The molecule has 1 aliphatic carbocycles. The molecule has 1 aromatic rings. The lowest BCUT2D eigenvalue weighted by Gasteiger charge is -2.14. The summed E-state index contributed by atoms with van der Waals surface area (Å²) in [6.07, 6.45) is 6.30. The van der Waals surface area contributed by atoms with Gasteiger partial charge in [-0.3, -0.25) is 9.59 Å². The highest BCUT2D eigenvalue weighted by Crippen LogP contribution is 2.29. The molecule has 1 aliphatic rings. The molecule has 0 aliphatic heterocycles. The molecule has 1 fully saturated rings. The van der Waals surface area contributed by atoms with Gasteiger partial charge in [0.05, 0.1) is 12.0 Å². The molecule has 4 N–H and O–H groups in total. The number of H-pyrrole nitrogens is 1. The van der Waals surface area contributed by atoms with Crippen molar-refractivity contribution in [2.75, 3.05) is 5.73 Å². The van der Waals surface area contributed by atoms with Crippen LogP contribution in [0.5, 0.6) is 0 Å². The van der Waals surface area contributed by atoms with Crippen molar-refractivity contribution in [3.05, 3.63) is 21.7 Å². The van der Waals surface area contributed by atoms with E-state index in [0.717, 1.165) is 25.7 Å². The average Bonchev–Trinajstić information content (AvgIpc) is 2.62. The summed E-state index contributed by atoms with van der Waals surface area (Å²) in [4.78, 5) is 29.5. The Morgan fingerprint density at radius 2 is 1.95 bits per heavy atom. The van der Waals surface area contributed by atoms with E-state index in [9.17, 15) is 9.59 Å². The molecule has 0 atom stereocenters. The number of nitrogens with two attached hydrogens (primary N) is 1. The molecule has 104 valence electrons. The number of carbonyl (C=O) groups is 1. The summed E-state index contributed by atoms with van der Waals surface area (Å²) in [5.74, 6) is -0.193. The zero-order chi connectivity index (χ0) is 13.8. The van der Waals surface area contributed by atoms with E-state index < -0.39 is 11.5 Å². The molecular formula is C13H19N3O3. The quantitative estimate of drug-likeness (QED) is 0.716. The van der Waals surface area contributed by atoms with Gasteiger partial charge in [-0.2, -0.15) is 0 Å². The van der Waals surface area contributed by atoms with Crippen LogP contribution in [0.15, 0.2) is 4.79 Å². The van der Waals surface area contributed by atoms with Crippen LogP contribution in [0, 0.1) is 0 Å². The van der Waals surface area contributed by atoms with Crippen molar-refractivity contribution < 1.29 is 9.90 Å². The SMILES string of the molecule is Nc1nc(C2CCCCCC2)[nH]c(=O)c1CC(=O)O. The van der Waals surface area contributed by atoms with Gasteiger partial charge in [-0.1, -0.05) is 25.7 Å². The van der Waals surface area contributed by atoms with Gasteiger partial charge in [0, 0.05) is 5.92 Å². The van der Waals surface area contributed by atoms with Crippen LogP contribution in [0.1, 0.15) is 55.8 Å². The number of carboxylic acid groups (broad SMARTS) is 1. The first kappa shape index (κ1) is 13.6. The Hall–Kier alpha value is -1.85. The molecule has 0 saturated heterocycles. The molecule has 0 radical (unpaired) electrons. The van der Waals surface area contributed by atoms with Gasteiger partial charge in [0.1, 0.15) is 11.6 Å². The summed E-state index contributed by atoms with van der Waals surface area (Å²) in [6, 6.07) is 0. The summed E-state index contributed by atoms with van der Waals surface area (Å²) in [7, 11) is 0. The monoisotopic (exact) mass is 265 g/mol. The molecule has 1 saturated carbocycles. The highest BCUT2D eigenvalue weighted by molar-refractivity contribution is 5.71. The molecule has 0 bridgehead atoms. The summed E-state index contributed by atoms with van der Waals surface area (Å²) in [5, 5.41) is 8.73. The van der Waals surface area contributed by atoms with Gasteiger partial charge < -0.3 is 15.8 Å². The summed E-state index contributed by atoms with van der Waals surface area (Å²) in [5.41, 5.74) is 5.35. The first-order valence-corrected chi connectivity index (χ1v) is 6.68. The van der Waals surface area contributed by atoms with Crippen molar-refractivity contribution in [1.82, 2.24) is 9.97 Å². The second-order valence-electron chi connectivity index (χ2n) is 5.07. The van der Waals surface area contributed by atoms with Crippen LogP contribution in [0.25, 0.3) is 0 Å². The fourth-order valence-corrected chi connectivity index (χ4v) is 2.60. The van der Waals surface area contributed by atoms with Gasteiger partial charge in [-0.05, 0) is 12.8 Å². The number of aromatic amines is 1. The highest BCUT2D eigenvalue weighted by Gasteiger charge is 2.19. The summed E-state index contributed by atoms with van der Waals surface area (Å²) >= 11 is 0. The number of anilines is 1. The number of rotatable bonds is 3. The van der Waals surface area contributed by atoms with E-state index in [1.165, 1.54) is 12.8 Å². The van der Waals surface area contributed by atoms with Crippen LogP contribution >= 0.6 is 0 Å². The maximum absolute atomic E-state index is 11.9. The van der Waals surface area contributed by atoms with Crippen molar-refractivity contribution in [1.29, 1.82) is 0 Å². The predicted molar refractivity (Wildman–Crippen MR) is 71.1 cm³/mol. The Bertz CT molecular complexity index is 516. The van der Waals surface area contributed by atoms with Crippen molar-refractivity contribution in [2.24, 2.45) is 0 Å². The van der Waals surface area contributed by atoms with Gasteiger partial charge in [-0.15, -0.1) is 0 Å². The fraction of sp³-hybridized carbons (Fsp3) is 0.615. The van der Waals surface area contributed by atoms with Crippen LogP contribution in [-0.2, 0) is 11.2 Å². The smallest absolute Gasteiger partial charge is 0.308 e. The second kappa shape index (κ2) is 5.86. The largest absolute Gasteiger partial charge is 0.481 e. The van der Waals surface area contributed by atoms with E-state index in [1.807, 2.05) is 0 Å². The first-order valence-electron chi connectivity index (χ1n) is 6.68. The summed E-state index contributed by atoms with van der Waals surface area (Å²) < 4.78 is 0. The van der Waals surface area contributed by atoms with Crippen LogP contribution < -0.4 is 11.3 Å². The topological polar surface area (TPSA) is 109 Å². The molecule has 0 amide bonds. The molecule has 1 aromatic heterocycles. The fourth-order valence-electron chi connectivity index (χ4n) is 2.60. The molecular weight excluding hydrogens is 246 g/mol. The molecule has 0 spiro atoms. The Morgan fingerprint density at radius 3 is 2.47 bits per heavy atom. The van der Waals surface area contributed by atoms with Crippen LogP contribution in [0.2, 0.25) is 0 Å². The minimum atomic E-state index is -1.08. The van der Waals surface area contributed by atoms with Crippen molar-refractivity contribution in [3.63, 3.8) is 0 Å². The lowest BCUT2D eigenvalue weighted by molar-refractivity contribution is -0.136. The third-order valence-electron chi connectivity index (χ3n) is 3.64. The molecule has 1 heterocycles. The number of nitrogen functional groups attached to an aromatic ring is 1. The van der Waals surface area contributed by atoms with E-state index in [0.29, 0.717) is 5.82 Å². The third-order valence-corrected chi connectivity index (χ3v) is 3.64. The standard InChI is InChI=1S/C13H19N3O3/c14-11-9(7-10(17)18)13(19)16-12(15-11)8-5-3-1-2-4-6-8/h8H,1-7H2,(H,17,18)(H3,14,15,16,19). The maximum Gasteiger partial charge on any atom is 0.308 e. The zero-order valence-corrected chi connectivity index (χ0v) is 10.8. The highest BCUT2D eigenvalue weighted by atomic mass is 16.4. The number of nitrogens with zero attached hydrogens (tertiary/aromatic N) is 1. The van der Waals surface area contributed by atoms with E-state index in [2.05, 4.69) is 9.97 Å². The number of nitrogens with one attached hydrogen (secondary N) is 1. The van der Waals surface area contributed by atoms with E-state index in [-0.39, 0.29) is 23.7 Å². The number of aromatic nitrogens is 2. The molecule has 19 heavy (non-hydrogen) atoms. The normalized spacial score (nSPS) is 17.1. The molecule has 6 nitrogen and oxygen atoms in total. The second-order valence-corrected chi connectivity index (χ2v) is 5.07. The Morgan fingerprint density at radius 1 is 1.32 bits per heavy atom. The van der Waals surface area contributed by atoms with Crippen molar-refractivity contribution in [3.8, 4) is 0 Å². The predicted octanol–water partition coefficient (Wildman–Crippen LogP) is 1.42. The van der Waals surface area contributed by atoms with Crippen LogP contribution in [0.3, 0.4) is 0 Å². The zero-order valence-electron chi connectivity index (χ0n) is 10.8. The van der Waals surface area contributed by atoms with Gasteiger partial charge in [0.2, 0.25) is 0 Å². The van der Waals surface area contributed by atoms with Gasteiger partial charge in [0.15, 0.2) is 0 Å². The van der Waals surface area contributed by atoms with Crippen molar-refractivity contribution in [2.45, 2.75) is 50.9 Å². The Kier molecular flexibility index (Phi) is 4.19. The minimum absolute atomic E-state index is 0.0462. The van der Waals surface area contributed by atoms with Crippen molar-refractivity contribution >= 4 is 11.8 Å². The lowest BCUT2D eigenvalue weighted by Crippen LogP contribution is -2.23. The van der Waals surface area contributed by atoms with Crippen LogP contribution in [-0.4, -0.2) is 21.0 Å². The molecule has 0 unspecified atom stereocenters. The number of aliphatic carboxylic acids is 1. The Labute approximate surface area is 111 Å². The van der Waals surface area contributed by atoms with Gasteiger partial charge >= 0.3 is 5.97 Å². The van der Waals surface area contributed by atoms with Crippen LogP contribution in [0.4, 0.5) is 5.82 Å².